The molecule has 0 radical (unpaired) electrons. The number of hydrogen-bond donors (Lipinski definition) is 1. The third-order valence-electron chi connectivity index (χ3n) is 2.73. The molecule has 3 heteroatoms. The van der Waals surface area contributed by atoms with Gasteiger partial charge in [0.25, 0.3) is 0 Å². The monoisotopic (exact) mass is 225 g/mol. The lowest BCUT2D eigenvalue weighted by molar-refractivity contribution is 0.610. The van der Waals surface area contributed by atoms with E-state index in [4.69, 9.17) is 0 Å². The first-order chi connectivity index (χ1) is 7.25. The molecule has 1 nitrogen and oxygen atoms in total. The van der Waals surface area contributed by atoms with Crippen LogP contribution in [-0.4, -0.2) is 18.1 Å². The maximum absolute atomic E-state index is 13.5. The highest BCUT2D eigenvalue weighted by atomic mass is 32.2. The van der Waals surface area contributed by atoms with Crippen LogP contribution in [0.15, 0.2) is 18.2 Å². The fraction of sp³-hybridized carbons (Fsp3) is 0.500. The second kappa shape index (κ2) is 4.88. The number of halogens is 1. The zero-order chi connectivity index (χ0) is 10.7. The molecule has 1 aliphatic rings. The Labute approximate surface area is 94.5 Å². The Morgan fingerprint density at radius 1 is 1.53 bits per heavy atom. The fourth-order valence-corrected chi connectivity index (χ4v) is 3.05. The Morgan fingerprint density at radius 2 is 2.40 bits per heavy atom. The number of hydrogen-bond acceptors (Lipinski definition) is 2. The number of thioether (sulfide) groups is 1. The van der Waals surface area contributed by atoms with Gasteiger partial charge in [-0.25, -0.2) is 4.39 Å². The normalized spacial score (nSPS) is 20.5. The van der Waals surface area contributed by atoms with Gasteiger partial charge in [0.05, 0.1) is 5.69 Å². The number of anilines is 1. The van der Waals surface area contributed by atoms with Crippen molar-refractivity contribution in [1.29, 1.82) is 0 Å². The highest BCUT2D eigenvalue weighted by Crippen LogP contribution is 2.24. The van der Waals surface area contributed by atoms with Crippen molar-refractivity contribution in [2.24, 2.45) is 5.92 Å². The summed E-state index contributed by atoms with van der Waals surface area (Å²) >= 11 is 1.99. The molecule has 2 rings (SSSR count). The first-order valence-corrected chi connectivity index (χ1v) is 6.49. The molecule has 1 aliphatic heterocycles. The van der Waals surface area contributed by atoms with E-state index in [1.165, 1.54) is 17.9 Å². The number of aryl methyl sites for hydroxylation is 1. The standard InChI is InChI=1S/C12H16FNS/c1-9-2-3-12(11(13)6-9)14-7-10-4-5-15-8-10/h2-3,6,10,14H,4-5,7-8H2,1H3. The minimum atomic E-state index is -0.138. The molecule has 82 valence electrons. The summed E-state index contributed by atoms with van der Waals surface area (Å²) in [6.07, 6.45) is 1.26. The van der Waals surface area contributed by atoms with Crippen molar-refractivity contribution >= 4 is 17.4 Å². The van der Waals surface area contributed by atoms with Gasteiger partial charge in [-0.15, -0.1) is 0 Å². The van der Waals surface area contributed by atoms with Crippen LogP contribution >= 0.6 is 11.8 Å². The third-order valence-corrected chi connectivity index (χ3v) is 3.96. The van der Waals surface area contributed by atoms with Gasteiger partial charge >= 0.3 is 0 Å². The molecule has 0 amide bonds. The van der Waals surface area contributed by atoms with Gasteiger partial charge in [-0.1, -0.05) is 6.07 Å². The Hall–Kier alpha value is -0.700. The van der Waals surface area contributed by atoms with Crippen molar-refractivity contribution in [3.8, 4) is 0 Å². The van der Waals surface area contributed by atoms with Crippen LogP contribution < -0.4 is 5.32 Å². The van der Waals surface area contributed by atoms with Crippen LogP contribution in [0.5, 0.6) is 0 Å². The summed E-state index contributed by atoms with van der Waals surface area (Å²) in [6.45, 7) is 2.80. The lowest BCUT2D eigenvalue weighted by Gasteiger charge is -2.12. The van der Waals surface area contributed by atoms with Gasteiger partial charge in [0.2, 0.25) is 0 Å². The molecule has 0 bridgehead atoms. The van der Waals surface area contributed by atoms with E-state index < -0.39 is 0 Å². The Kier molecular flexibility index (Phi) is 3.52. The molecule has 15 heavy (non-hydrogen) atoms. The van der Waals surface area contributed by atoms with Crippen LogP contribution in [0.2, 0.25) is 0 Å². The second-order valence-corrected chi connectivity index (χ2v) is 5.24. The number of benzene rings is 1. The van der Waals surface area contributed by atoms with E-state index >= 15 is 0 Å². The molecule has 0 aliphatic carbocycles. The molecule has 0 saturated carbocycles. The molecule has 0 spiro atoms. The highest BCUT2D eigenvalue weighted by Gasteiger charge is 2.15. The zero-order valence-corrected chi connectivity index (χ0v) is 9.74. The molecular formula is C12H16FNS. The largest absolute Gasteiger partial charge is 0.382 e. The Balaban J connectivity index is 1.92. The topological polar surface area (TPSA) is 12.0 Å². The van der Waals surface area contributed by atoms with Gasteiger partial charge in [0, 0.05) is 6.54 Å². The van der Waals surface area contributed by atoms with Crippen LogP contribution in [0.3, 0.4) is 0 Å². The van der Waals surface area contributed by atoms with Crippen molar-refractivity contribution in [2.75, 3.05) is 23.4 Å². The quantitative estimate of drug-likeness (QED) is 0.847. The van der Waals surface area contributed by atoms with Crippen LogP contribution in [-0.2, 0) is 0 Å². The van der Waals surface area contributed by atoms with Gasteiger partial charge in [-0.3, -0.25) is 0 Å². The first kappa shape index (κ1) is 10.8. The molecule has 1 atom stereocenters. The molecule has 0 aromatic heterocycles. The fourth-order valence-electron chi connectivity index (χ4n) is 1.76. The van der Waals surface area contributed by atoms with Gasteiger partial charge in [-0.2, -0.15) is 11.8 Å². The second-order valence-electron chi connectivity index (χ2n) is 4.09. The van der Waals surface area contributed by atoms with E-state index in [1.807, 2.05) is 30.8 Å². The molecule has 1 saturated heterocycles. The van der Waals surface area contributed by atoms with E-state index in [9.17, 15) is 4.39 Å². The summed E-state index contributed by atoms with van der Waals surface area (Å²) < 4.78 is 13.5. The average molecular weight is 225 g/mol. The van der Waals surface area contributed by atoms with E-state index in [0.29, 0.717) is 11.6 Å². The van der Waals surface area contributed by atoms with Crippen LogP contribution in [0.4, 0.5) is 10.1 Å². The molecule has 1 heterocycles. The van der Waals surface area contributed by atoms with Gasteiger partial charge < -0.3 is 5.32 Å². The van der Waals surface area contributed by atoms with Gasteiger partial charge in [0.15, 0.2) is 0 Å². The molecule has 1 aromatic carbocycles. The van der Waals surface area contributed by atoms with Crippen LogP contribution in [0.25, 0.3) is 0 Å². The zero-order valence-electron chi connectivity index (χ0n) is 8.92. The third kappa shape index (κ3) is 2.88. The van der Waals surface area contributed by atoms with E-state index in [0.717, 1.165) is 12.1 Å². The molecule has 1 aromatic rings. The SMILES string of the molecule is Cc1ccc(NCC2CCSC2)c(F)c1. The molecule has 1 unspecified atom stereocenters. The summed E-state index contributed by atoms with van der Waals surface area (Å²) in [7, 11) is 0. The lowest BCUT2D eigenvalue weighted by atomic mass is 10.1. The summed E-state index contributed by atoms with van der Waals surface area (Å²) in [4.78, 5) is 0. The predicted octanol–water partition coefficient (Wildman–Crippen LogP) is 3.30. The van der Waals surface area contributed by atoms with Crippen molar-refractivity contribution in [1.82, 2.24) is 0 Å². The van der Waals surface area contributed by atoms with Crippen LogP contribution in [0.1, 0.15) is 12.0 Å². The maximum atomic E-state index is 13.5. The number of nitrogens with one attached hydrogen (secondary N) is 1. The van der Waals surface area contributed by atoms with Crippen molar-refractivity contribution in [3.05, 3.63) is 29.6 Å². The minimum Gasteiger partial charge on any atom is -0.382 e. The minimum absolute atomic E-state index is 0.138. The van der Waals surface area contributed by atoms with Crippen molar-refractivity contribution in [2.45, 2.75) is 13.3 Å². The molecule has 1 fully saturated rings. The Morgan fingerprint density at radius 3 is 3.07 bits per heavy atom. The van der Waals surface area contributed by atoms with E-state index in [1.54, 1.807) is 6.07 Å². The molecular weight excluding hydrogens is 209 g/mol. The van der Waals surface area contributed by atoms with Crippen LogP contribution in [0, 0.1) is 18.7 Å². The van der Waals surface area contributed by atoms with Gasteiger partial charge in [0.1, 0.15) is 5.82 Å². The molecule has 1 N–H and O–H groups in total. The van der Waals surface area contributed by atoms with Crippen molar-refractivity contribution < 1.29 is 4.39 Å². The van der Waals surface area contributed by atoms with E-state index in [-0.39, 0.29) is 5.82 Å². The smallest absolute Gasteiger partial charge is 0.146 e. The van der Waals surface area contributed by atoms with Crippen molar-refractivity contribution in [3.63, 3.8) is 0 Å². The predicted molar refractivity (Wildman–Crippen MR) is 65.1 cm³/mol. The van der Waals surface area contributed by atoms with Gasteiger partial charge in [-0.05, 0) is 48.5 Å². The summed E-state index contributed by atoms with van der Waals surface area (Å²) in [5.74, 6) is 3.03. The maximum Gasteiger partial charge on any atom is 0.146 e. The van der Waals surface area contributed by atoms with E-state index in [2.05, 4.69) is 5.32 Å². The number of rotatable bonds is 3. The summed E-state index contributed by atoms with van der Waals surface area (Å²) in [5.41, 5.74) is 1.60. The highest BCUT2D eigenvalue weighted by molar-refractivity contribution is 7.99. The first-order valence-electron chi connectivity index (χ1n) is 5.33. The summed E-state index contributed by atoms with van der Waals surface area (Å²) in [5, 5.41) is 3.19. The Bertz CT molecular complexity index is 334. The average Bonchev–Trinajstić information content (AvgIpc) is 2.69. The lowest BCUT2D eigenvalue weighted by Crippen LogP contribution is -2.14. The summed E-state index contributed by atoms with van der Waals surface area (Å²) in [6, 6.07) is 5.34.